The van der Waals surface area contributed by atoms with Gasteiger partial charge in [-0.25, -0.2) is 0 Å². The highest BCUT2D eigenvalue weighted by molar-refractivity contribution is 5.78. The summed E-state index contributed by atoms with van der Waals surface area (Å²) < 4.78 is 0. The average Bonchev–Trinajstić information content (AvgIpc) is 2.85. The van der Waals surface area contributed by atoms with Gasteiger partial charge in [-0.1, -0.05) is 29.8 Å². The molecule has 2 heterocycles. The Bertz CT molecular complexity index is 553. The lowest BCUT2D eigenvalue weighted by Crippen LogP contribution is -2.45. The van der Waals surface area contributed by atoms with E-state index < -0.39 is 0 Å². The first-order chi connectivity index (χ1) is 12.1. The summed E-state index contributed by atoms with van der Waals surface area (Å²) in [5.41, 5.74) is 2.64. The van der Waals surface area contributed by atoms with Crippen LogP contribution in [0, 0.1) is 6.92 Å². The molecule has 1 N–H and O–H groups in total. The summed E-state index contributed by atoms with van der Waals surface area (Å²) in [5.74, 6) is 0.244. The Morgan fingerprint density at radius 2 is 1.72 bits per heavy atom. The summed E-state index contributed by atoms with van der Waals surface area (Å²) in [4.78, 5) is 19.3. The lowest BCUT2D eigenvalue weighted by atomic mass is 10.1. The van der Waals surface area contributed by atoms with Gasteiger partial charge in [-0.2, -0.15) is 0 Å². The van der Waals surface area contributed by atoms with Crippen LogP contribution in [0.5, 0.6) is 0 Å². The normalized spacial score (nSPS) is 21.3. The van der Waals surface area contributed by atoms with Gasteiger partial charge in [-0.05, 0) is 31.7 Å². The molecule has 3 rings (SSSR count). The molecule has 5 nitrogen and oxygen atoms in total. The molecule has 2 aliphatic rings. The topological polar surface area (TPSA) is 47.0 Å². The highest BCUT2D eigenvalue weighted by Gasteiger charge is 2.23. The molecule has 5 heteroatoms. The highest BCUT2D eigenvalue weighted by atomic mass is 16.3. The molecule has 25 heavy (non-hydrogen) atoms. The van der Waals surface area contributed by atoms with Gasteiger partial charge in [-0.3, -0.25) is 14.6 Å². The molecule has 0 atom stereocenters. The second-order valence-corrected chi connectivity index (χ2v) is 7.50. The fraction of sp³-hybridized carbons (Fsp3) is 0.650. The number of amides is 1. The van der Waals surface area contributed by atoms with Crippen LogP contribution in [0.25, 0.3) is 0 Å². The third-order valence-corrected chi connectivity index (χ3v) is 5.38. The number of carbonyl (C=O) groups is 1. The van der Waals surface area contributed by atoms with Crippen molar-refractivity contribution in [1.82, 2.24) is 14.7 Å². The number of likely N-dealkylation sites (tertiary alicyclic amines) is 1. The third-order valence-electron chi connectivity index (χ3n) is 5.38. The first kappa shape index (κ1) is 18.4. The summed E-state index contributed by atoms with van der Waals surface area (Å²) in [6, 6.07) is 8.74. The van der Waals surface area contributed by atoms with Gasteiger partial charge in [0.1, 0.15) is 0 Å². The minimum atomic E-state index is -0.181. The van der Waals surface area contributed by atoms with Crippen molar-refractivity contribution in [3.05, 3.63) is 35.4 Å². The Balaban J connectivity index is 1.46. The number of hydrogen-bond acceptors (Lipinski definition) is 4. The number of piperidine rings is 1. The number of aliphatic hydroxyl groups is 1. The van der Waals surface area contributed by atoms with Crippen molar-refractivity contribution in [2.45, 2.75) is 38.8 Å². The number of aryl methyl sites for hydroxylation is 1. The molecule has 0 unspecified atom stereocenters. The molecular weight excluding hydrogens is 314 g/mol. The van der Waals surface area contributed by atoms with Gasteiger partial charge in [0.05, 0.1) is 12.6 Å². The summed E-state index contributed by atoms with van der Waals surface area (Å²) in [5, 5.41) is 9.58. The SMILES string of the molecule is Cc1ccc(CN2CCCN(C(=O)CN3CCC(O)CC3)CC2)cc1. The molecule has 0 spiro atoms. The summed E-state index contributed by atoms with van der Waals surface area (Å²) in [6.45, 7) is 8.92. The van der Waals surface area contributed by atoms with E-state index in [-0.39, 0.29) is 12.0 Å². The quantitative estimate of drug-likeness (QED) is 0.898. The smallest absolute Gasteiger partial charge is 0.236 e. The fourth-order valence-electron chi connectivity index (χ4n) is 3.70. The number of rotatable bonds is 4. The second-order valence-electron chi connectivity index (χ2n) is 7.50. The van der Waals surface area contributed by atoms with Crippen LogP contribution in [0.3, 0.4) is 0 Å². The van der Waals surface area contributed by atoms with E-state index in [1.54, 1.807) is 0 Å². The van der Waals surface area contributed by atoms with Gasteiger partial charge in [-0.15, -0.1) is 0 Å². The summed E-state index contributed by atoms with van der Waals surface area (Å²) in [6.07, 6.45) is 2.44. The van der Waals surface area contributed by atoms with Gasteiger partial charge in [0, 0.05) is 45.8 Å². The van der Waals surface area contributed by atoms with Crippen LogP contribution < -0.4 is 0 Å². The second kappa shape index (κ2) is 8.79. The first-order valence-corrected chi connectivity index (χ1v) is 9.56. The van der Waals surface area contributed by atoms with Crippen LogP contribution >= 0.6 is 0 Å². The van der Waals surface area contributed by atoms with Gasteiger partial charge >= 0.3 is 0 Å². The molecule has 0 bridgehead atoms. The number of nitrogens with zero attached hydrogens (tertiary/aromatic N) is 3. The zero-order valence-electron chi connectivity index (χ0n) is 15.4. The van der Waals surface area contributed by atoms with Crippen LogP contribution in [0.15, 0.2) is 24.3 Å². The molecule has 0 saturated carbocycles. The van der Waals surface area contributed by atoms with E-state index in [4.69, 9.17) is 0 Å². The predicted molar refractivity (Wildman–Crippen MR) is 99.3 cm³/mol. The van der Waals surface area contributed by atoms with E-state index >= 15 is 0 Å². The van der Waals surface area contributed by atoms with Crippen LogP contribution in [-0.4, -0.2) is 77.6 Å². The predicted octanol–water partition coefficient (Wildman–Crippen LogP) is 1.49. The highest BCUT2D eigenvalue weighted by Crippen LogP contribution is 2.13. The molecule has 2 aliphatic heterocycles. The summed E-state index contributed by atoms with van der Waals surface area (Å²) >= 11 is 0. The van der Waals surface area contributed by atoms with Crippen molar-refractivity contribution in [1.29, 1.82) is 0 Å². The van der Waals surface area contributed by atoms with Crippen molar-refractivity contribution in [3.8, 4) is 0 Å². The van der Waals surface area contributed by atoms with E-state index in [0.717, 1.165) is 65.1 Å². The van der Waals surface area contributed by atoms with Gasteiger partial charge < -0.3 is 10.0 Å². The molecule has 138 valence electrons. The van der Waals surface area contributed by atoms with Gasteiger partial charge in [0.15, 0.2) is 0 Å². The number of carbonyl (C=O) groups excluding carboxylic acids is 1. The Morgan fingerprint density at radius 3 is 2.44 bits per heavy atom. The monoisotopic (exact) mass is 345 g/mol. The molecule has 1 amide bonds. The molecule has 1 aromatic rings. The van der Waals surface area contributed by atoms with E-state index in [0.29, 0.717) is 6.54 Å². The van der Waals surface area contributed by atoms with Crippen molar-refractivity contribution >= 4 is 5.91 Å². The lowest BCUT2D eigenvalue weighted by molar-refractivity contribution is -0.132. The zero-order valence-corrected chi connectivity index (χ0v) is 15.4. The Hall–Kier alpha value is -1.43. The van der Waals surface area contributed by atoms with E-state index in [9.17, 15) is 9.90 Å². The summed E-state index contributed by atoms with van der Waals surface area (Å²) in [7, 11) is 0. The van der Waals surface area contributed by atoms with Crippen molar-refractivity contribution in [3.63, 3.8) is 0 Å². The lowest BCUT2D eigenvalue weighted by Gasteiger charge is -2.31. The number of aliphatic hydroxyl groups excluding tert-OH is 1. The fourth-order valence-corrected chi connectivity index (χ4v) is 3.70. The van der Waals surface area contributed by atoms with Gasteiger partial charge in [0.25, 0.3) is 0 Å². The molecule has 2 fully saturated rings. The first-order valence-electron chi connectivity index (χ1n) is 9.56. The number of hydrogen-bond donors (Lipinski definition) is 1. The standard InChI is InChI=1S/C20H31N3O2/c1-17-3-5-18(6-4-17)15-21-9-2-10-23(14-13-21)20(25)16-22-11-7-19(24)8-12-22/h3-6,19,24H,2,7-16H2,1H3. The van der Waals surface area contributed by atoms with E-state index in [1.165, 1.54) is 11.1 Å². The van der Waals surface area contributed by atoms with Crippen molar-refractivity contribution in [2.75, 3.05) is 45.8 Å². The van der Waals surface area contributed by atoms with Gasteiger partial charge in [0.2, 0.25) is 5.91 Å². The maximum atomic E-state index is 12.6. The Labute approximate surface area is 151 Å². The molecule has 0 aliphatic carbocycles. The Kier molecular flexibility index (Phi) is 6.45. The van der Waals surface area contributed by atoms with Crippen molar-refractivity contribution in [2.24, 2.45) is 0 Å². The third kappa shape index (κ3) is 5.53. The molecule has 2 saturated heterocycles. The average molecular weight is 345 g/mol. The largest absolute Gasteiger partial charge is 0.393 e. The molecule has 0 aromatic heterocycles. The minimum Gasteiger partial charge on any atom is -0.393 e. The van der Waals surface area contributed by atoms with Crippen LogP contribution in [-0.2, 0) is 11.3 Å². The van der Waals surface area contributed by atoms with Crippen LogP contribution in [0.1, 0.15) is 30.4 Å². The number of benzene rings is 1. The van der Waals surface area contributed by atoms with Crippen LogP contribution in [0.2, 0.25) is 0 Å². The van der Waals surface area contributed by atoms with E-state index in [2.05, 4.69) is 41.0 Å². The minimum absolute atomic E-state index is 0.181. The molecule has 0 radical (unpaired) electrons. The van der Waals surface area contributed by atoms with Crippen LogP contribution in [0.4, 0.5) is 0 Å². The maximum Gasteiger partial charge on any atom is 0.236 e. The maximum absolute atomic E-state index is 12.6. The molecule has 1 aromatic carbocycles. The zero-order chi connectivity index (χ0) is 17.6. The van der Waals surface area contributed by atoms with E-state index in [1.807, 2.05) is 4.90 Å². The molecular formula is C20H31N3O2. The Morgan fingerprint density at radius 1 is 1.00 bits per heavy atom. The van der Waals surface area contributed by atoms with Crippen molar-refractivity contribution < 1.29 is 9.90 Å².